The van der Waals surface area contributed by atoms with Crippen molar-refractivity contribution in [3.63, 3.8) is 0 Å². The lowest BCUT2D eigenvalue weighted by Gasteiger charge is -2.06. The zero-order valence-corrected chi connectivity index (χ0v) is 10.1. The van der Waals surface area contributed by atoms with E-state index in [0.717, 1.165) is 5.56 Å². The van der Waals surface area contributed by atoms with Crippen molar-refractivity contribution in [1.29, 1.82) is 0 Å². The minimum atomic E-state index is -0.842. The van der Waals surface area contributed by atoms with Gasteiger partial charge >= 0.3 is 5.97 Å². The molecule has 0 radical (unpaired) electrons. The molecule has 0 fully saturated rings. The fourth-order valence-electron chi connectivity index (χ4n) is 1.53. The number of carbonyl (C=O) groups excluding carboxylic acids is 1. The number of carbonyl (C=O) groups is 2. The summed E-state index contributed by atoms with van der Waals surface area (Å²) in [5, 5.41) is 20.1. The Hall–Kier alpha value is -1.88. The van der Waals surface area contributed by atoms with Crippen LogP contribution in [-0.2, 0) is 16.2 Å². The average Bonchev–Trinajstić information content (AvgIpc) is 2.34. The molecule has 5 heteroatoms. The molecule has 0 bridgehead atoms. The highest BCUT2D eigenvalue weighted by Gasteiger charge is 2.04. The van der Waals surface area contributed by atoms with Crippen molar-refractivity contribution >= 4 is 17.6 Å². The van der Waals surface area contributed by atoms with Crippen LogP contribution in [0.3, 0.4) is 0 Å². The minimum Gasteiger partial charge on any atom is -0.481 e. The van der Waals surface area contributed by atoms with E-state index in [2.05, 4.69) is 5.32 Å². The Kier molecular flexibility index (Phi) is 5.87. The molecule has 0 unspecified atom stereocenters. The SMILES string of the molecule is O=C(O)CCCCC(=O)Nc1cccc(CO)c1. The third-order valence-electron chi connectivity index (χ3n) is 2.44. The molecule has 0 aliphatic rings. The van der Waals surface area contributed by atoms with Crippen molar-refractivity contribution in [3.05, 3.63) is 29.8 Å². The van der Waals surface area contributed by atoms with Gasteiger partial charge < -0.3 is 15.5 Å². The Balaban J connectivity index is 2.33. The van der Waals surface area contributed by atoms with Crippen LogP contribution >= 0.6 is 0 Å². The fraction of sp³-hybridized carbons (Fsp3) is 0.385. The van der Waals surface area contributed by atoms with Gasteiger partial charge in [0.2, 0.25) is 5.91 Å². The van der Waals surface area contributed by atoms with Crippen LogP contribution in [0.1, 0.15) is 31.2 Å². The lowest BCUT2D eigenvalue weighted by Crippen LogP contribution is -2.11. The molecule has 1 rings (SSSR count). The molecule has 0 atom stereocenters. The summed E-state index contributed by atoms with van der Waals surface area (Å²) < 4.78 is 0. The molecule has 1 amide bonds. The second-order valence-corrected chi connectivity index (χ2v) is 4.01. The van der Waals surface area contributed by atoms with E-state index in [1.165, 1.54) is 0 Å². The first kappa shape index (κ1) is 14.2. The van der Waals surface area contributed by atoms with Gasteiger partial charge in [-0.15, -0.1) is 0 Å². The van der Waals surface area contributed by atoms with Crippen LogP contribution in [0.4, 0.5) is 5.69 Å². The Labute approximate surface area is 105 Å². The third kappa shape index (κ3) is 5.45. The van der Waals surface area contributed by atoms with E-state index in [4.69, 9.17) is 10.2 Å². The summed E-state index contributed by atoms with van der Waals surface area (Å²) in [5.74, 6) is -0.985. The van der Waals surface area contributed by atoms with Gasteiger partial charge in [0, 0.05) is 18.5 Å². The number of nitrogens with one attached hydrogen (secondary N) is 1. The Morgan fingerprint density at radius 1 is 1.17 bits per heavy atom. The number of hydrogen-bond donors (Lipinski definition) is 3. The van der Waals surface area contributed by atoms with Gasteiger partial charge in [0.25, 0.3) is 0 Å². The third-order valence-corrected chi connectivity index (χ3v) is 2.44. The van der Waals surface area contributed by atoms with Gasteiger partial charge in [-0.1, -0.05) is 12.1 Å². The highest BCUT2D eigenvalue weighted by Crippen LogP contribution is 2.11. The standard InChI is InChI=1S/C13H17NO4/c15-9-10-4-3-5-11(8-10)14-12(16)6-1-2-7-13(17)18/h3-5,8,15H,1-2,6-7,9H2,(H,14,16)(H,17,18). The van der Waals surface area contributed by atoms with Gasteiger partial charge in [-0.3, -0.25) is 9.59 Å². The van der Waals surface area contributed by atoms with Crippen LogP contribution in [0.5, 0.6) is 0 Å². The number of hydrogen-bond acceptors (Lipinski definition) is 3. The van der Waals surface area contributed by atoms with Crippen LogP contribution < -0.4 is 5.32 Å². The monoisotopic (exact) mass is 251 g/mol. The second-order valence-electron chi connectivity index (χ2n) is 4.01. The van der Waals surface area contributed by atoms with Gasteiger partial charge in [0.05, 0.1) is 6.61 Å². The van der Waals surface area contributed by atoms with E-state index in [1.54, 1.807) is 24.3 Å². The highest BCUT2D eigenvalue weighted by atomic mass is 16.4. The zero-order valence-electron chi connectivity index (χ0n) is 10.1. The zero-order chi connectivity index (χ0) is 13.4. The van der Waals surface area contributed by atoms with E-state index < -0.39 is 5.97 Å². The number of carboxylic acids is 1. The normalized spacial score (nSPS) is 10.1. The van der Waals surface area contributed by atoms with Crippen LogP contribution in [0.2, 0.25) is 0 Å². The Morgan fingerprint density at radius 2 is 1.89 bits per heavy atom. The highest BCUT2D eigenvalue weighted by molar-refractivity contribution is 5.90. The maximum Gasteiger partial charge on any atom is 0.303 e. The number of benzene rings is 1. The molecule has 0 aromatic heterocycles. The molecular weight excluding hydrogens is 234 g/mol. The fourth-order valence-corrected chi connectivity index (χ4v) is 1.53. The van der Waals surface area contributed by atoms with E-state index in [0.29, 0.717) is 24.9 Å². The molecule has 1 aromatic carbocycles. The number of unbranched alkanes of at least 4 members (excludes halogenated alkanes) is 1. The summed E-state index contributed by atoms with van der Waals surface area (Å²) >= 11 is 0. The summed E-state index contributed by atoms with van der Waals surface area (Å²) in [6.07, 6.45) is 1.45. The maximum absolute atomic E-state index is 11.5. The number of aliphatic carboxylic acids is 1. The summed E-state index contributed by atoms with van der Waals surface area (Å²) in [6.45, 7) is -0.0671. The van der Waals surface area contributed by atoms with Crippen molar-refractivity contribution in [3.8, 4) is 0 Å². The quantitative estimate of drug-likeness (QED) is 0.644. The van der Waals surface area contributed by atoms with Crippen molar-refractivity contribution in [2.24, 2.45) is 0 Å². The maximum atomic E-state index is 11.5. The summed E-state index contributed by atoms with van der Waals surface area (Å²) in [6, 6.07) is 6.97. The predicted molar refractivity (Wildman–Crippen MR) is 67.1 cm³/mol. The molecule has 0 spiro atoms. The number of rotatable bonds is 7. The molecule has 0 saturated heterocycles. The van der Waals surface area contributed by atoms with Crippen LogP contribution in [0.25, 0.3) is 0 Å². The van der Waals surface area contributed by atoms with Gasteiger partial charge in [-0.05, 0) is 30.5 Å². The lowest BCUT2D eigenvalue weighted by atomic mass is 10.1. The van der Waals surface area contributed by atoms with E-state index >= 15 is 0 Å². The number of amides is 1. The van der Waals surface area contributed by atoms with Crippen molar-refractivity contribution in [2.45, 2.75) is 32.3 Å². The van der Waals surface area contributed by atoms with E-state index in [1.807, 2.05) is 0 Å². The molecule has 18 heavy (non-hydrogen) atoms. The average molecular weight is 251 g/mol. The molecule has 3 N–H and O–H groups in total. The van der Waals surface area contributed by atoms with Crippen LogP contribution in [-0.4, -0.2) is 22.1 Å². The van der Waals surface area contributed by atoms with Gasteiger partial charge in [0.15, 0.2) is 0 Å². The molecular formula is C13H17NO4. The Bertz CT molecular complexity index is 417. The van der Waals surface area contributed by atoms with Gasteiger partial charge in [0.1, 0.15) is 0 Å². The summed E-state index contributed by atoms with van der Waals surface area (Å²) in [5.41, 5.74) is 1.38. The van der Waals surface area contributed by atoms with Gasteiger partial charge in [-0.2, -0.15) is 0 Å². The van der Waals surface area contributed by atoms with E-state index in [-0.39, 0.29) is 18.9 Å². The topological polar surface area (TPSA) is 86.6 Å². The number of carboxylic acid groups (broad SMARTS) is 1. The first-order chi connectivity index (χ1) is 8.61. The smallest absolute Gasteiger partial charge is 0.303 e. The second kappa shape index (κ2) is 7.45. The summed E-state index contributed by atoms with van der Waals surface area (Å²) in [7, 11) is 0. The molecule has 0 aliphatic heterocycles. The first-order valence-corrected chi connectivity index (χ1v) is 5.83. The number of aliphatic hydroxyl groups is 1. The number of anilines is 1. The lowest BCUT2D eigenvalue weighted by molar-refractivity contribution is -0.137. The summed E-state index contributed by atoms with van der Waals surface area (Å²) in [4.78, 5) is 21.8. The molecule has 0 aliphatic carbocycles. The molecule has 0 heterocycles. The van der Waals surface area contributed by atoms with Crippen LogP contribution in [0.15, 0.2) is 24.3 Å². The molecule has 98 valence electrons. The van der Waals surface area contributed by atoms with Crippen molar-refractivity contribution < 1.29 is 19.8 Å². The van der Waals surface area contributed by atoms with Crippen LogP contribution in [0, 0.1) is 0 Å². The largest absolute Gasteiger partial charge is 0.481 e. The molecule has 5 nitrogen and oxygen atoms in total. The molecule has 1 aromatic rings. The number of aliphatic hydroxyl groups excluding tert-OH is 1. The van der Waals surface area contributed by atoms with Crippen molar-refractivity contribution in [1.82, 2.24) is 0 Å². The minimum absolute atomic E-state index is 0.0671. The first-order valence-electron chi connectivity index (χ1n) is 5.83. The predicted octanol–water partition coefficient (Wildman–Crippen LogP) is 1.76. The van der Waals surface area contributed by atoms with Gasteiger partial charge in [-0.25, -0.2) is 0 Å². The van der Waals surface area contributed by atoms with E-state index in [9.17, 15) is 9.59 Å². The molecule has 0 saturated carbocycles. The Morgan fingerprint density at radius 3 is 2.56 bits per heavy atom. The van der Waals surface area contributed by atoms with Crippen molar-refractivity contribution in [2.75, 3.05) is 5.32 Å².